The minimum absolute atomic E-state index is 0.111. The summed E-state index contributed by atoms with van der Waals surface area (Å²) in [6, 6.07) is 44.8. The molecule has 0 aliphatic carbocycles. The molecule has 0 radical (unpaired) electrons. The molecule has 6 nitrogen and oxygen atoms in total. The third-order valence-electron chi connectivity index (χ3n) is 8.41. The van der Waals surface area contributed by atoms with Gasteiger partial charge in [-0.3, -0.25) is 4.57 Å². The molecule has 3 heterocycles. The highest BCUT2D eigenvalue weighted by Crippen LogP contribution is 2.39. The number of rotatable bonds is 6. The summed E-state index contributed by atoms with van der Waals surface area (Å²) in [7, 11) is 3.94. The molecule has 8 rings (SSSR count). The lowest BCUT2D eigenvalue weighted by Gasteiger charge is -2.16. The smallest absolute Gasteiger partial charge is 0.219 e. The Labute approximate surface area is 266 Å². The van der Waals surface area contributed by atoms with Crippen LogP contribution in [0.15, 0.2) is 140 Å². The molecule has 6 heteroatoms. The van der Waals surface area contributed by atoms with Crippen molar-refractivity contribution in [1.82, 2.24) is 14.5 Å². The number of hydrogen-bond donors (Lipinski definition) is 1. The van der Waals surface area contributed by atoms with Crippen LogP contribution >= 0.6 is 0 Å². The molecule has 0 saturated heterocycles. The summed E-state index contributed by atoms with van der Waals surface area (Å²) in [5, 5.41) is 13.7. The molecule has 0 saturated carbocycles. The molecule has 5 aromatic carbocycles. The average Bonchev–Trinajstić information content (AvgIpc) is 3.42. The molecule has 0 bridgehead atoms. The van der Waals surface area contributed by atoms with E-state index in [2.05, 4.69) is 77.4 Å². The van der Waals surface area contributed by atoms with E-state index < -0.39 is 0 Å². The first-order chi connectivity index (χ1) is 22.5. The van der Waals surface area contributed by atoms with Crippen molar-refractivity contribution in [2.24, 2.45) is 0 Å². The summed E-state index contributed by atoms with van der Waals surface area (Å²) in [6.07, 6.45) is 1.95. The first-order valence-corrected chi connectivity index (χ1v) is 15.2. The minimum atomic E-state index is 0.111. The van der Waals surface area contributed by atoms with Gasteiger partial charge in [0.15, 0.2) is 0 Å². The molecule has 0 amide bonds. The quantitative estimate of drug-likeness (QED) is 0.206. The van der Waals surface area contributed by atoms with E-state index in [9.17, 15) is 5.11 Å². The summed E-state index contributed by atoms with van der Waals surface area (Å²) in [4.78, 5) is 11.8. The second kappa shape index (κ2) is 11.1. The van der Waals surface area contributed by atoms with Gasteiger partial charge in [0.2, 0.25) is 5.88 Å². The number of anilines is 1. The van der Waals surface area contributed by atoms with E-state index >= 15 is 0 Å². The Bertz CT molecular complexity index is 2380. The van der Waals surface area contributed by atoms with Crippen LogP contribution in [-0.4, -0.2) is 33.7 Å². The van der Waals surface area contributed by atoms with Gasteiger partial charge in [0.25, 0.3) is 0 Å². The van der Waals surface area contributed by atoms with Gasteiger partial charge in [-0.15, -0.1) is 0 Å². The fourth-order valence-electron chi connectivity index (χ4n) is 6.23. The van der Waals surface area contributed by atoms with E-state index in [4.69, 9.17) is 14.7 Å². The van der Waals surface area contributed by atoms with Crippen LogP contribution in [0, 0.1) is 0 Å². The van der Waals surface area contributed by atoms with Gasteiger partial charge in [0.1, 0.15) is 22.8 Å². The summed E-state index contributed by atoms with van der Waals surface area (Å²) in [5.41, 5.74) is 7.76. The van der Waals surface area contributed by atoms with Gasteiger partial charge in [0.05, 0.1) is 11.0 Å². The zero-order valence-electron chi connectivity index (χ0n) is 25.4. The number of benzene rings is 5. The zero-order chi connectivity index (χ0) is 31.2. The number of phenols is 1. The van der Waals surface area contributed by atoms with Crippen LogP contribution in [-0.2, 0) is 0 Å². The van der Waals surface area contributed by atoms with E-state index in [0.717, 1.165) is 61.0 Å². The highest BCUT2D eigenvalue weighted by atomic mass is 16.5. The maximum Gasteiger partial charge on any atom is 0.219 e. The van der Waals surface area contributed by atoms with E-state index in [0.29, 0.717) is 17.1 Å². The van der Waals surface area contributed by atoms with Crippen molar-refractivity contribution in [3.05, 3.63) is 140 Å². The van der Waals surface area contributed by atoms with Crippen LogP contribution in [0.1, 0.15) is 0 Å². The summed E-state index contributed by atoms with van der Waals surface area (Å²) in [6.45, 7) is 0. The van der Waals surface area contributed by atoms with Crippen molar-refractivity contribution in [2.75, 3.05) is 19.0 Å². The van der Waals surface area contributed by atoms with Crippen LogP contribution in [0.3, 0.4) is 0 Å². The number of ether oxygens (including phenoxy) is 1. The lowest BCUT2D eigenvalue weighted by molar-refractivity contribution is 0.460. The topological polar surface area (TPSA) is 63.4 Å². The molecular formula is C40H30N4O2. The van der Waals surface area contributed by atoms with Crippen molar-refractivity contribution >= 4 is 38.4 Å². The highest BCUT2D eigenvalue weighted by Gasteiger charge is 2.19. The third kappa shape index (κ3) is 4.68. The van der Waals surface area contributed by atoms with Gasteiger partial charge < -0.3 is 14.7 Å². The van der Waals surface area contributed by atoms with E-state index in [1.54, 1.807) is 6.07 Å². The molecule has 3 aromatic heterocycles. The number of para-hydroxylation sites is 1. The number of aromatic hydroxyl groups is 1. The Morgan fingerprint density at radius 3 is 2.11 bits per heavy atom. The minimum Gasteiger partial charge on any atom is -0.506 e. The van der Waals surface area contributed by atoms with Gasteiger partial charge >= 0.3 is 0 Å². The second-order valence-corrected chi connectivity index (χ2v) is 11.5. The lowest BCUT2D eigenvalue weighted by Crippen LogP contribution is -2.09. The van der Waals surface area contributed by atoms with Crippen molar-refractivity contribution in [2.45, 2.75) is 0 Å². The Kier molecular flexibility index (Phi) is 6.61. The molecule has 0 aliphatic heterocycles. The number of phenolic OH excluding ortho intramolecular Hbond substituents is 1. The van der Waals surface area contributed by atoms with Gasteiger partial charge in [-0.2, -0.15) is 0 Å². The normalized spacial score (nSPS) is 11.3. The predicted molar refractivity (Wildman–Crippen MR) is 187 cm³/mol. The monoisotopic (exact) mass is 598 g/mol. The second-order valence-electron chi connectivity index (χ2n) is 11.5. The molecule has 0 aliphatic rings. The average molecular weight is 599 g/mol. The third-order valence-corrected chi connectivity index (χ3v) is 8.41. The van der Waals surface area contributed by atoms with Crippen molar-refractivity contribution < 1.29 is 9.84 Å². The SMILES string of the molecule is CN(C)c1ccc(O)c2nc(Oc3ccc4c5ccccc5n(-c5ncc(-c6ccccc6)cc5-c5ccccc5)c4c3)ccc12. The molecule has 46 heavy (non-hydrogen) atoms. The molecule has 0 spiro atoms. The molecule has 0 atom stereocenters. The van der Waals surface area contributed by atoms with Crippen LogP contribution in [0.25, 0.3) is 60.8 Å². The van der Waals surface area contributed by atoms with Crippen molar-refractivity contribution in [1.29, 1.82) is 0 Å². The zero-order valence-corrected chi connectivity index (χ0v) is 25.4. The Morgan fingerprint density at radius 1 is 0.630 bits per heavy atom. The predicted octanol–water partition coefficient (Wildman–Crippen LogP) is 9.62. The fraction of sp³-hybridized carbons (Fsp3) is 0.0500. The molecule has 0 unspecified atom stereocenters. The van der Waals surface area contributed by atoms with Gasteiger partial charge in [-0.1, -0.05) is 78.9 Å². The maximum atomic E-state index is 10.6. The molecule has 1 N–H and O–H groups in total. The van der Waals surface area contributed by atoms with E-state index in [1.165, 1.54) is 0 Å². The number of fused-ring (bicyclic) bond motifs is 4. The van der Waals surface area contributed by atoms with Crippen molar-refractivity contribution in [3.8, 4) is 45.5 Å². The van der Waals surface area contributed by atoms with Gasteiger partial charge in [-0.25, -0.2) is 9.97 Å². The van der Waals surface area contributed by atoms with Crippen LogP contribution < -0.4 is 9.64 Å². The van der Waals surface area contributed by atoms with Crippen LogP contribution in [0.4, 0.5) is 5.69 Å². The summed E-state index contributed by atoms with van der Waals surface area (Å²) >= 11 is 0. The largest absolute Gasteiger partial charge is 0.506 e. The first-order valence-electron chi connectivity index (χ1n) is 15.2. The van der Waals surface area contributed by atoms with E-state index in [-0.39, 0.29) is 5.75 Å². The Balaban J connectivity index is 1.30. The lowest BCUT2D eigenvalue weighted by atomic mass is 10.0. The number of hydrogen-bond acceptors (Lipinski definition) is 5. The number of pyridine rings is 2. The Hall–Kier alpha value is -6.14. The molecule has 222 valence electrons. The van der Waals surface area contributed by atoms with E-state index in [1.807, 2.05) is 79.8 Å². The molecular weight excluding hydrogens is 568 g/mol. The first kappa shape index (κ1) is 27.4. The standard InChI is InChI=1S/C40H30N4O2/c1-43(2)34-20-21-37(45)39-32(34)19-22-38(42-39)46-29-17-18-31-30-15-9-10-16-35(30)44(36(31)24-29)40-33(27-13-7-4-8-14-27)23-28(25-41-40)26-11-5-3-6-12-26/h3-25,45H,1-2H3. The number of aromatic nitrogens is 3. The Morgan fingerprint density at radius 2 is 1.33 bits per heavy atom. The summed E-state index contributed by atoms with van der Waals surface area (Å²) in [5.74, 6) is 1.98. The van der Waals surface area contributed by atoms with Crippen molar-refractivity contribution in [3.63, 3.8) is 0 Å². The molecule has 8 aromatic rings. The fourth-order valence-corrected chi connectivity index (χ4v) is 6.23. The summed E-state index contributed by atoms with van der Waals surface area (Å²) < 4.78 is 8.58. The maximum absolute atomic E-state index is 10.6. The van der Waals surface area contributed by atoms with Crippen LogP contribution in [0.5, 0.6) is 17.4 Å². The van der Waals surface area contributed by atoms with Gasteiger partial charge in [0, 0.05) is 65.4 Å². The highest BCUT2D eigenvalue weighted by molar-refractivity contribution is 6.10. The van der Waals surface area contributed by atoms with Crippen LogP contribution in [0.2, 0.25) is 0 Å². The number of nitrogens with zero attached hydrogens (tertiary/aromatic N) is 4. The molecule has 0 fully saturated rings. The van der Waals surface area contributed by atoms with Gasteiger partial charge in [-0.05, 0) is 53.6 Å².